The second-order valence-corrected chi connectivity index (χ2v) is 4.39. The van der Waals surface area contributed by atoms with E-state index >= 15 is 0 Å². The van der Waals surface area contributed by atoms with Gasteiger partial charge in [-0.2, -0.15) is 5.10 Å². The highest BCUT2D eigenvalue weighted by atomic mass is 79.9. The highest BCUT2D eigenvalue weighted by Gasteiger charge is 2.12. The third-order valence-corrected chi connectivity index (χ3v) is 3.56. The molecule has 1 N–H and O–H groups in total. The summed E-state index contributed by atoms with van der Waals surface area (Å²) in [5, 5.41) is 13.4. The van der Waals surface area contributed by atoms with E-state index in [1.807, 2.05) is 29.4 Å². The van der Waals surface area contributed by atoms with Crippen molar-refractivity contribution >= 4 is 15.9 Å². The largest absolute Gasteiger partial charge is 0.388 e. The Kier molecular flexibility index (Phi) is 3.11. The summed E-state index contributed by atoms with van der Waals surface area (Å²) in [7, 11) is 1.91. The van der Waals surface area contributed by atoms with Gasteiger partial charge in [0.25, 0.3) is 0 Å². The molecule has 0 bridgehead atoms. The van der Waals surface area contributed by atoms with Gasteiger partial charge >= 0.3 is 0 Å². The summed E-state index contributed by atoms with van der Waals surface area (Å²) < 4.78 is 4.74. The average Bonchev–Trinajstić information content (AvgIpc) is 2.79. The van der Waals surface area contributed by atoms with Crippen LogP contribution in [-0.2, 0) is 20.2 Å². The molecule has 0 aliphatic carbocycles. The van der Waals surface area contributed by atoms with E-state index in [1.165, 1.54) is 0 Å². The number of aromatic nitrogens is 4. The lowest BCUT2D eigenvalue weighted by Gasteiger charge is -2.07. The van der Waals surface area contributed by atoms with Crippen LogP contribution in [-0.4, -0.2) is 24.4 Å². The van der Waals surface area contributed by atoms with Crippen LogP contribution < -0.4 is 0 Å². The number of aliphatic hydroxyl groups excluding tert-OH is 1. The molecule has 0 atom stereocenters. The summed E-state index contributed by atoms with van der Waals surface area (Å²) in [4.78, 5) is 4.06. The van der Waals surface area contributed by atoms with Gasteiger partial charge in [-0.1, -0.05) is 0 Å². The molecule has 0 aromatic carbocycles. The average molecular weight is 285 g/mol. The van der Waals surface area contributed by atoms with Crippen LogP contribution >= 0.6 is 15.9 Å². The number of halogens is 1. The fraction of sp³-hybridized carbons (Fsp3) is 0.400. The topological polar surface area (TPSA) is 55.9 Å². The first kappa shape index (κ1) is 11.3. The van der Waals surface area contributed by atoms with Gasteiger partial charge in [0.15, 0.2) is 0 Å². The highest BCUT2D eigenvalue weighted by Crippen LogP contribution is 2.21. The minimum absolute atomic E-state index is 0.0541. The van der Waals surface area contributed by atoms with Crippen molar-refractivity contribution in [3.63, 3.8) is 0 Å². The number of hydrogen-bond donors (Lipinski definition) is 1. The molecule has 86 valence electrons. The van der Waals surface area contributed by atoms with E-state index in [0.29, 0.717) is 12.4 Å². The van der Waals surface area contributed by atoms with Gasteiger partial charge in [0, 0.05) is 19.4 Å². The highest BCUT2D eigenvalue weighted by molar-refractivity contribution is 9.10. The van der Waals surface area contributed by atoms with Gasteiger partial charge in [0.05, 0.1) is 22.4 Å². The molecule has 0 saturated carbocycles. The van der Waals surface area contributed by atoms with Crippen LogP contribution in [0.5, 0.6) is 0 Å². The fourth-order valence-electron chi connectivity index (χ4n) is 1.65. The lowest BCUT2D eigenvalue weighted by Crippen LogP contribution is -2.08. The summed E-state index contributed by atoms with van der Waals surface area (Å²) in [6.07, 6.45) is 3.53. The maximum atomic E-state index is 9.11. The predicted molar refractivity (Wildman–Crippen MR) is 62.9 cm³/mol. The molecule has 2 rings (SSSR count). The first-order chi connectivity index (χ1) is 7.63. The number of hydrogen-bond acceptors (Lipinski definition) is 3. The van der Waals surface area contributed by atoms with E-state index < -0.39 is 0 Å². The molecule has 2 aromatic rings. The molecule has 5 nitrogen and oxygen atoms in total. The number of aryl methyl sites for hydroxylation is 2. The molecule has 2 aromatic heterocycles. The Morgan fingerprint density at radius 2 is 2.25 bits per heavy atom. The smallest absolute Gasteiger partial charge is 0.134 e. The Balaban J connectivity index is 2.34. The number of imidazole rings is 1. The molecule has 0 aliphatic heterocycles. The quantitative estimate of drug-likeness (QED) is 0.922. The lowest BCUT2D eigenvalue weighted by atomic mass is 10.3. The molecule has 2 heterocycles. The van der Waals surface area contributed by atoms with Crippen LogP contribution in [0.1, 0.15) is 17.2 Å². The zero-order chi connectivity index (χ0) is 11.7. The molecule has 6 heteroatoms. The van der Waals surface area contributed by atoms with Crippen molar-refractivity contribution in [2.75, 3.05) is 0 Å². The Bertz CT molecular complexity index is 503. The fourth-order valence-corrected chi connectivity index (χ4v) is 2.11. The molecule has 0 radical (unpaired) electrons. The van der Waals surface area contributed by atoms with Crippen molar-refractivity contribution in [2.45, 2.75) is 20.1 Å². The Labute approximate surface area is 102 Å². The molecule has 0 saturated heterocycles. The first-order valence-corrected chi connectivity index (χ1v) is 5.71. The third kappa shape index (κ3) is 1.90. The van der Waals surface area contributed by atoms with Crippen molar-refractivity contribution < 1.29 is 5.11 Å². The predicted octanol–water partition coefficient (Wildman–Crippen LogP) is 1.23. The summed E-state index contributed by atoms with van der Waals surface area (Å²) in [5.74, 6) is 0.658. The second kappa shape index (κ2) is 4.39. The molecular formula is C10H13BrN4O. The first-order valence-electron chi connectivity index (χ1n) is 4.92. The molecule has 0 fully saturated rings. The summed E-state index contributed by atoms with van der Waals surface area (Å²) >= 11 is 3.51. The minimum atomic E-state index is -0.0541. The molecule has 0 aliphatic rings. The number of nitrogens with zero attached hydrogens (tertiary/aromatic N) is 4. The summed E-state index contributed by atoms with van der Waals surface area (Å²) in [6.45, 7) is 2.55. The van der Waals surface area contributed by atoms with Gasteiger partial charge in [0.1, 0.15) is 12.4 Å². The Hall–Kier alpha value is -1.14. The molecule has 0 unspecified atom stereocenters. The van der Waals surface area contributed by atoms with E-state index in [1.54, 1.807) is 6.20 Å². The van der Waals surface area contributed by atoms with E-state index in [4.69, 9.17) is 5.11 Å². The number of aliphatic hydroxyl groups is 1. The normalized spacial score (nSPS) is 11.0. The van der Waals surface area contributed by atoms with Crippen molar-refractivity contribution in [1.29, 1.82) is 0 Å². The maximum absolute atomic E-state index is 9.11. The van der Waals surface area contributed by atoms with Crippen LogP contribution in [0.2, 0.25) is 0 Å². The monoisotopic (exact) mass is 284 g/mol. The Morgan fingerprint density at radius 1 is 1.50 bits per heavy atom. The maximum Gasteiger partial charge on any atom is 0.134 e. The standard InChI is InChI=1S/C10H13BrN4O/c1-7-10(11)8(14(2)13-7)5-15-4-3-12-9(15)6-16/h3-4,16H,5-6H2,1-2H3. The van der Waals surface area contributed by atoms with Crippen molar-refractivity contribution in [2.24, 2.45) is 7.05 Å². The zero-order valence-corrected chi connectivity index (χ0v) is 10.8. The summed E-state index contributed by atoms with van der Waals surface area (Å²) in [5.41, 5.74) is 2.02. The van der Waals surface area contributed by atoms with Crippen molar-refractivity contribution in [3.05, 3.63) is 34.1 Å². The molecule has 0 amide bonds. The van der Waals surface area contributed by atoms with Crippen LogP contribution in [0, 0.1) is 6.92 Å². The third-order valence-electron chi connectivity index (χ3n) is 2.52. The van der Waals surface area contributed by atoms with Crippen molar-refractivity contribution in [3.8, 4) is 0 Å². The minimum Gasteiger partial charge on any atom is -0.388 e. The zero-order valence-electron chi connectivity index (χ0n) is 9.18. The van der Waals surface area contributed by atoms with Crippen LogP contribution in [0.25, 0.3) is 0 Å². The van der Waals surface area contributed by atoms with Gasteiger partial charge < -0.3 is 9.67 Å². The van der Waals surface area contributed by atoms with E-state index in [9.17, 15) is 0 Å². The molecule has 16 heavy (non-hydrogen) atoms. The van der Waals surface area contributed by atoms with Gasteiger partial charge in [-0.05, 0) is 22.9 Å². The van der Waals surface area contributed by atoms with Crippen molar-refractivity contribution in [1.82, 2.24) is 19.3 Å². The van der Waals surface area contributed by atoms with E-state index in [-0.39, 0.29) is 6.61 Å². The van der Waals surface area contributed by atoms with E-state index in [0.717, 1.165) is 15.9 Å². The van der Waals surface area contributed by atoms with Gasteiger partial charge in [-0.15, -0.1) is 0 Å². The van der Waals surface area contributed by atoms with E-state index in [2.05, 4.69) is 26.0 Å². The SMILES string of the molecule is Cc1nn(C)c(Cn2ccnc2CO)c1Br. The molecule has 0 spiro atoms. The molecular weight excluding hydrogens is 272 g/mol. The second-order valence-electron chi connectivity index (χ2n) is 3.60. The number of rotatable bonds is 3. The van der Waals surface area contributed by atoms with Crippen LogP contribution in [0.15, 0.2) is 16.9 Å². The van der Waals surface area contributed by atoms with Gasteiger partial charge in [-0.25, -0.2) is 4.98 Å². The summed E-state index contributed by atoms with van der Waals surface area (Å²) in [6, 6.07) is 0. The van der Waals surface area contributed by atoms with Crippen LogP contribution in [0.3, 0.4) is 0 Å². The van der Waals surface area contributed by atoms with Crippen LogP contribution in [0.4, 0.5) is 0 Å². The van der Waals surface area contributed by atoms with Gasteiger partial charge in [-0.3, -0.25) is 4.68 Å². The Morgan fingerprint density at radius 3 is 2.81 bits per heavy atom. The van der Waals surface area contributed by atoms with Gasteiger partial charge in [0.2, 0.25) is 0 Å². The lowest BCUT2D eigenvalue weighted by molar-refractivity contribution is 0.266.